The van der Waals surface area contributed by atoms with Crippen molar-refractivity contribution in [1.82, 2.24) is 0 Å². The molecule has 2 atom stereocenters. The number of hydrogen-bond acceptors (Lipinski definition) is 7. The molecule has 1 N–H and O–H groups in total. The van der Waals surface area contributed by atoms with Gasteiger partial charge in [0.15, 0.2) is 0 Å². The van der Waals surface area contributed by atoms with Gasteiger partial charge in [-0.25, -0.2) is 0 Å². The topological polar surface area (TPSA) is 47.9 Å². The summed E-state index contributed by atoms with van der Waals surface area (Å²) in [5, 5.41) is 3.46. The maximum atomic E-state index is 12.5. The molecule has 10 rings (SSSR count). The molecular formula is C48H41O4P3S3. The summed E-state index contributed by atoms with van der Waals surface area (Å²) in [6.45, 7) is 3.41. The van der Waals surface area contributed by atoms with Gasteiger partial charge in [-0.15, -0.1) is 0 Å². The van der Waals surface area contributed by atoms with Crippen LogP contribution in [-0.4, -0.2) is 4.89 Å². The Morgan fingerprint density at radius 1 is 0.448 bits per heavy atom. The fourth-order valence-corrected chi connectivity index (χ4v) is 21.1. The van der Waals surface area contributed by atoms with Crippen molar-refractivity contribution in [2.24, 2.45) is 0 Å². The molecule has 0 saturated heterocycles. The van der Waals surface area contributed by atoms with Crippen molar-refractivity contribution in [2.75, 3.05) is 0 Å². The molecule has 7 aromatic carbocycles. The Bertz CT molecular complexity index is 2600. The van der Waals surface area contributed by atoms with Crippen LogP contribution in [0.1, 0.15) is 33.4 Å². The molecule has 3 aliphatic rings. The van der Waals surface area contributed by atoms with Gasteiger partial charge in [-0.05, 0) is 0 Å². The van der Waals surface area contributed by atoms with Crippen LogP contribution in [0, 0.1) is 20.8 Å². The van der Waals surface area contributed by atoms with E-state index >= 15 is 0 Å². The minimum atomic E-state index is -3.45. The molecule has 290 valence electrons. The van der Waals surface area contributed by atoms with Gasteiger partial charge in [0.1, 0.15) is 0 Å². The van der Waals surface area contributed by atoms with Gasteiger partial charge in [0.05, 0.1) is 0 Å². The summed E-state index contributed by atoms with van der Waals surface area (Å²) in [5.41, 5.74) is 14.8. The predicted molar refractivity (Wildman–Crippen MR) is 255 cm³/mol. The molecular weight excluding hydrogens is 830 g/mol. The average Bonchev–Trinajstić information content (AvgIpc) is 3.26. The van der Waals surface area contributed by atoms with Crippen molar-refractivity contribution in [3.63, 3.8) is 0 Å². The van der Waals surface area contributed by atoms with Gasteiger partial charge in [0.25, 0.3) is 0 Å². The van der Waals surface area contributed by atoms with Gasteiger partial charge >= 0.3 is 346 Å². The summed E-state index contributed by atoms with van der Waals surface area (Å²) in [5.74, 6) is 4.92. The second kappa shape index (κ2) is 16.0. The molecule has 4 nitrogen and oxygen atoms in total. The zero-order valence-electron chi connectivity index (χ0n) is 32.3. The number of rotatable bonds is 9. The van der Waals surface area contributed by atoms with Gasteiger partial charge < -0.3 is 0 Å². The van der Waals surface area contributed by atoms with E-state index in [-0.39, 0.29) is 0 Å². The fourth-order valence-electron chi connectivity index (χ4n) is 8.27. The van der Waals surface area contributed by atoms with Crippen molar-refractivity contribution in [1.29, 1.82) is 0 Å². The van der Waals surface area contributed by atoms with E-state index in [9.17, 15) is 4.89 Å². The van der Waals surface area contributed by atoms with E-state index in [1.165, 1.54) is 55.1 Å². The first-order chi connectivity index (χ1) is 28.4. The van der Waals surface area contributed by atoms with Crippen LogP contribution < -0.4 is 29.5 Å². The molecule has 10 heteroatoms. The van der Waals surface area contributed by atoms with Crippen LogP contribution in [-0.2, 0) is 17.3 Å². The van der Waals surface area contributed by atoms with Crippen molar-refractivity contribution in [3.8, 4) is 50.6 Å². The van der Waals surface area contributed by atoms with Crippen molar-refractivity contribution in [2.45, 2.75) is 38.0 Å². The SMILES string of the molecule is Cc1c(CSP2Oc3ccccc3-c3ccccc32)c(C)c(CS[PH]2(O)Oc3ccccc3-c3ccccc32)c(C)c1CSP1Oc2ccccc2-c2ccccc21. The van der Waals surface area contributed by atoms with Crippen molar-refractivity contribution < 1.29 is 18.5 Å². The maximum absolute atomic E-state index is 12.5. The minimum absolute atomic E-state index is 0.634. The Hall–Kier alpha value is -3.76. The molecule has 2 unspecified atom stereocenters. The molecule has 0 saturated carbocycles. The van der Waals surface area contributed by atoms with Crippen LogP contribution in [0.4, 0.5) is 0 Å². The van der Waals surface area contributed by atoms with Crippen LogP contribution in [0.2, 0.25) is 0 Å². The molecule has 0 aromatic heterocycles. The zero-order valence-corrected chi connectivity index (χ0v) is 37.5. The molecule has 0 amide bonds. The Balaban J connectivity index is 1.00. The third-order valence-corrected chi connectivity index (χ3v) is 23.8. The van der Waals surface area contributed by atoms with E-state index in [1.807, 2.05) is 59.2 Å². The molecule has 3 aliphatic heterocycles. The summed E-state index contributed by atoms with van der Waals surface area (Å²) in [6.07, 6.45) is 0. The van der Waals surface area contributed by atoms with Gasteiger partial charge in [-0.3, -0.25) is 0 Å². The summed E-state index contributed by atoms with van der Waals surface area (Å²) < 4.78 is 20.2. The average molecular weight is 871 g/mol. The first kappa shape index (κ1) is 38.4. The first-order valence-electron chi connectivity index (χ1n) is 19.3. The Kier molecular flexibility index (Phi) is 10.6. The normalized spacial score (nSPS) is 17.1. The van der Waals surface area contributed by atoms with Crippen LogP contribution in [0.3, 0.4) is 0 Å². The summed E-state index contributed by atoms with van der Waals surface area (Å²) in [6, 6.07) is 50.5. The molecule has 0 aliphatic carbocycles. The summed E-state index contributed by atoms with van der Waals surface area (Å²) >= 11 is 5.40. The van der Waals surface area contributed by atoms with E-state index < -0.39 is 21.6 Å². The molecule has 7 aromatic rings. The molecule has 0 bridgehead atoms. The third-order valence-electron chi connectivity index (χ3n) is 11.4. The van der Waals surface area contributed by atoms with Gasteiger partial charge in [-0.1, -0.05) is 12.1 Å². The quantitative estimate of drug-likeness (QED) is 0.145. The second-order valence-electron chi connectivity index (χ2n) is 14.6. The number of fused-ring (bicyclic) bond motifs is 9. The van der Waals surface area contributed by atoms with Crippen LogP contribution in [0.25, 0.3) is 33.4 Å². The summed E-state index contributed by atoms with van der Waals surface area (Å²) in [7, 11) is -1.93. The summed E-state index contributed by atoms with van der Waals surface area (Å²) in [4.78, 5) is 12.5. The van der Waals surface area contributed by atoms with Gasteiger partial charge in [-0.2, -0.15) is 0 Å². The van der Waals surface area contributed by atoms with Gasteiger partial charge in [0, 0.05) is 0 Å². The molecule has 3 heterocycles. The van der Waals surface area contributed by atoms with Crippen LogP contribution in [0.15, 0.2) is 146 Å². The Morgan fingerprint density at radius 3 is 1.34 bits per heavy atom. The third kappa shape index (κ3) is 6.88. The number of benzene rings is 7. The van der Waals surface area contributed by atoms with Crippen molar-refractivity contribution in [3.05, 3.63) is 179 Å². The fraction of sp³-hybridized carbons (Fsp3) is 0.125. The van der Waals surface area contributed by atoms with Crippen LogP contribution >= 0.6 is 55.8 Å². The van der Waals surface area contributed by atoms with Crippen LogP contribution in [0.5, 0.6) is 17.2 Å². The van der Waals surface area contributed by atoms with E-state index in [1.54, 1.807) is 11.4 Å². The number of para-hydroxylation sites is 3. The Labute approximate surface area is 355 Å². The second-order valence-corrected chi connectivity index (χ2v) is 26.6. The van der Waals surface area contributed by atoms with E-state index in [4.69, 9.17) is 13.6 Å². The monoisotopic (exact) mass is 870 g/mol. The van der Waals surface area contributed by atoms with E-state index in [2.05, 4.69) is 130 Å². The predicted octanol–water partition coefficient (Wildman–Crippen LogP) is 13.6. The van der Waals surface area contributed by atoms with E-state index in [0.29, 0.717) is 5.75 Å². The molecule has 0 spiro atoms. The Morgan fingerprint density at radius 2 is 0.828 bits per heavy atom. The van der Waals surface area contributed by atoms with E-state index in [0.717, 1.165) is 56.3 Å². The standard InChI is InChI=1S/C48H41O4P3S3/c1-31-40(28-56-53-46-25-13-7-19-37(46)34-16-4-10-22-43(34)50-53)32(2)42(30-58-55(49)48-27-15-9-21-39(48)36-18-6-12-24-45(36)52-55)33(3)41(31)29-57-54-47-26-14-8-20-38(47)35-17-5-11-23-44(35)51-54/h4-27,49,55H,28-30H2,1-3H3. The zero-order chi connectivity index (χ0) is 39.4. The molecule has 0 radical (unpaired) electrons. The molecule has 58 heavy (non-hydrogen) atoms. The van der Waals surface area contributed by atoms with Gasteiger partial charge in [0.2, 0.25) is 0 Å². The number of hydrogen-bond donors (Lipinski definition) is 1. The molecule has 0 fully saturated rings. The first-order valence-corrected chi connectivity index (χ1v) is 28.6. The van der Waals surface area contributed by atoms with Crippen molar-refractivity contribution >= 4 is 71.7 Å².